The van der Waals surface area contributed by atoms with Crippen LogP contribution in [0.4, 0.5) is 5.69 Å². The maximum Gasteiger partial charge on any atom is 0.241 e. The predicted molar refractivity (Wildman–Crippen MR) is 110 cm³/mol. The van der Waals surface area contributed by atoms with Crippen LogP contribution in [0.15, 0.2) is 41.3 Å². The molecule has 0 aliphatic rings. The number of methoxy groups -OCH3 is 3. The molecule has 0 radical (unpaired) electrons. The Morgan fingerprint density at radius 2 is 1.59 bits per heavy atom. The number of nitrogens with one attached hydrogen (secondary N) is 2. The Kier molecular flexibility index (Phi) is 7.46. The predicted octanol–water partition coefficient (Wildman–Crippen LogP) is 3.10. The summed E-state index contributed by atoms with van der Waals surface area (Å²) in [5, 5.41) is 2.65. The van der Waals surface area contributed by atoms with Gasteiger partial charge in [0, 0.05) is 12.5 Å². The summed E-state index contributed by atoms with van der Waals surface area (Å²) in [4.78, 5) is 11.7. The monoisotopic (exact) mass is 422 g/mol. The van der Waals surface area contributed by atoms with Gasteiger partial charge in [0.25, 0.3) is 0 Å². The molecule has 2 rings (SSSR count). The molecular weight excluding hydrogens is 396 g/mol. The lowest BCUT2D eigenvalue weighted by Gasteiger charge is -2.18. The molecule has 0 aliphatic heterocycles. The zero-order chi connectivity index (χ0) is 21.6. The van der Waals surface area contributed by atoms with Crippen LogP contribution in [-0.4, -0.2) is 35.7 Å². The number of benzene rings is 2. The molecule has 29 heavy (non-hydrogen) atoms. The Labute approximate surface area is 171 Å². The van der Waals surface area contributed by atoms with Crippen LogP contribution >= 0.6 is 0 Å². The van der Waals surface area contributed by atoms with Gasteiger partial charge >= 0.3 is 0 Å². The van der Waals surface area contributed by atoms with Crippen molar-refractivity contribution in [1.29, 1.82) is 0 Å². The van der Waals surface area contributed by atoms with Crippen LogP contribution in [0.1, 0.15) is 31.9 Å². The van der Waals surface area contributed by atoms with Gasteiger partial charge in [-0.15, -0.1) is 0 Å². The molecule has 2 N–H and O–H groups in total. The first kappa shape index (κ1) is 22.5. The Morgan fingerprint density at radius 3 is 2.17 bits per heavy atom. The van der Waals surface area contributed by atoms with E-state index in [1.54, 1.807) is 32.0 Å². The van der Waals surface area contributed by atoms with E-state index in [0.29, 0.717) is 28.5 Å². The number of sulfonamides is 1. The van der Waals surface area contributed by atoms with Crippen molar-refractivity contribution in [1.82, 2.24) is 4.72 Å². The van der Waals surface area contributed by atoms with Gasteiger partial charge in [-0.2, -0.15) is 0 Å². The Bertz CT molecular complexity index is 975. The van der Waals surface area contributed by atoms with Crippen molar-refractivity contribution >= 4 is 21.6 Å². The highest BCUT2D eigenvalue weighted by molar-refractivity contribution is 7.89. The lowest BCUT2D eigenvalue weighted by molar-refractivity contribution is -0.115. The molecule has 0 spiro atoms. The molecular formula is C20H26N2O6S. The van der Waals surface area contributed by atoms with Crippen molar-refractivity contribution in [3.63, 3.8) is 0 Å². The standard InChI is InChI=1S/C20H26N2O6S/c1-6-20(23)21-16-12-15(8-10-17(16)26-3)29(24,25)22-13(2)14-7-9-18(27-4)19(11-14)28-5/h7-13,22H,6H2,1-5H3,(H,21,23). The van der Waals surface area contributed by atoms with Crippen LogP contribution in [0.2, 0.25) is 0 Å². The fourth-order valence-electron chi connectivity index (χ4n) is 2.68. The van der Waals surface area contributed by atoms with Gasteiger partial charge in [-0.05, 0) is 42.8 Å². The van der Waals surface area contributed by atoms with E-state index in [4.69, 9.17) is 14.2 Å². The molecule has 0 heterocycles. The second kappa shape index (κ2) is 9.62. The summed E-state index contributed by atoms with van der Waals surface area (Å²) in [6.07, 6.45) is 0.259. The molecule has 0 saturated heterocycles. The summed E-state index contributed by atoms with van der Waals surface area (Å²) < 4.78 is 44.1. The van der Waals surface area contributed by atoms with Crippen LogP contribution in [0, 0.1) is 0 Å². The quantitative estimate of drug-likeness (QED) is 0.644. The van der Waals surface area contributed by atoms with Gasteiger partial charge < -0.3 is 19.5 Å². The van der Waals surface area contributed by atoms with Gasteiger partial charge in [0.1, 0.15) is 5.75 Å². The minimum absolute atomic E-state index is 0.0111. The van der Waals surface area contributed by atoms with Crippen molar-refractivity contribution in [2.24, 2.45) is 0 Å². The van der Waals surface area contributed by atoms with Gasteiger partial charge in [0.2, 0.25) is 15.9 Å². The first-order chi connectivity index (χ1) is 13.7. The molecule has 1 amide bonds. The molecule has 1 unspecified atom stereocenters. The second-order valence-corrected chi connectivity index (χ2v) is 7.94. The van der Waals surface area contributed by atoms with E-state index < -0.39 is 16.1 Å². The summed E-state index contributed by atoms with van der Waals surface area (Å²) in [6.45, 7) is 3.43. The van der Waals surface area contributed by atoms with E-state index >= 15 is 0 Å². The summed E-state index contributed by atoms with van der Waals surface area (Å²) in [5.74, 6) is 1.19. The van der Waals surface area contributed by atoms with Crippen LogP contribution in [0.3, 0.4) is 0 Å². The zero-order valence-corrected chi connectivity index (χ0v) is 17.9. The molecule has 0 fully saturated rings. The third kappa shape index (κ3) is 5.39. The minimum Gasteiger partial charge on any atom is -0.495 e. The average molecular weight is 423 g/mol. The minimum atomic E-state index is -3.86. The molecule has 2 aromatic carbocycles. The van der Waals surface area contributed by atoms with Crippen molar-refractivity contribution in [2.75, 3.05) is 26.6 Å². The smallest absolute Gasteiger partial charge is 0.241 e. The van der Waals surface area contributed by atoms with E-state index in [9.17, 15) is 13.2 Å². The molecule has 1 atom stereocenters. The average Bonchev–Trinajstić information content (AvgIpc) is 2.72. The molecule has 0 aromatic heterocycles. The SMILES string of the molecule is CCC(=O)Nc1cc(S(=O)(=O)NC(C)c2ccc(OC)c(OC)c2)ccc1OC. The molecule has 9 heteroatoms. The molecule has 8 nitrogen and oxygen atoms in total. The van der Waals surface area contributed by atoms with E-state index in [1.807, 2.05) is 0 Å². The van der Waals surface area contributed by atoms with E-state index in [1.165, 1.54) is 39.5 Å². The maximum atomic E-state index is 12.9. The Morgan fingerprint density at radius 1 is 0.966 bits per heavy atom. The van der Waals surface area contributed by atoms with Crippen molar-refractivity contribution in [3.8, 4) is 17.2 Å². The number of ether oxygens (including phenoxy) is 3. The number of carbonyl (C=O) groups excluding carboxylic acids is 1. The molecule has 0 bridgehead atoms. The second-order valence-electron chi connectivity index (χ2n) is 6.22. The third-order valence-corrected chi connectivity index (χ3v) is 5.85. The Hall–Kier alpha value is -2.78. The van der Waals surface area contributed by atoms with Crippen molar-refractivity contribution < 1.29 is 27.4 Å². The molecule has 0 saturated carbocycles. The summed E-state index contributed by atoms with van der Waals surface area (Å²) in [5.41, 5.74) is 1.00. The van der Waals surface area contributed by atoms with Gasteiger partial charge in [0.05, 0.1) is 31.9 Å². The van der Waals surface area contributed by atoms with Gasteiger partial charge in [-0.3, -0.25) is 4.79 Å². The molecule has 158 valence electrons. The molecule has 0 aliphatic carbocycles. The highest BCUT2D eigenvalue weighted by Crippen LogP contribution is 2.31. The normalized spacial score (nSPS) is 12.2. The van der Waals surface area contributed by atoms with E-state index in [0.717, 1.165) is 0 Å². The highest BCUT2D eigenvalue weighted by atomic mass is 32.2. The maximum absolute atomic E-state index is 12.9. The topological polar surface area (TPSA) is 103 Å². The van der Waals surface area contributed by atoms with E-state index in [2.05, 4.69) is 10.0 Å². The number of amides is 1. The first-order valence-corrected chi connectivity index (χ1v) is 10.5. The zero-order valence-electron chi connectivity index (χ0n) is 17.1. The third-order valence-electron chi connectivity index (χ3n) is 4.32. The largest absolute Gasteiger partial charge is 0.495 e. The van der Waals surface area contributed by atoms with Crippen LogP contribution in [-0.2, 0) is 14.8 Å². The number of anilines is 1. The van der Waals surface area contributed by atoms with Crippen molar-refractivity contribution in [2.45, 2.75) is 31.2 Å². The number of hydrogen-bond acceptors (Lipinski definition) is 6. The van der Waals surface area contributed by atoms with Gasteiger partial charge in [0.15, 0.2) is 11.5 Å². The summed E-state index contributed by atoms with van der Waals surface area (Å²) in [7, 11) is 0.629. The van der Waals surface area contributed by atoms with Crippen LogP contribution < -0.4 is 24.2 Å². The number of hydrogen-bond donors (Lipinski definition) is 2. The van der Waals surface area contributed by atoms with Crippen LogP contribution in [0.5, 0.6) is 17.2 Å². The summed E-state index contributed by atoms with van der Waals surface area (Å²) in [6, 6.07) is 8.95. The molecule has 2 aromatic rings. The van der Waals surface area contributed by atoms with Gasteiger partial charge in [-0.1, -0.05) is 13.0 Å². The Balaban J connectivity index is 2.31. The van der Waals surface area contributed by atoms with Crippen molar-refractivity contribution in [3.05, 3.63) is 42.0 Å². The highest BCUT2D eigenvalue weighted by Gasteiger charge is 2.21. The van der Waals surface area contributed by atoms with E-state index in [-0.39, 0.29) is 17.2 Å². The lowest BCUT2D eigenvalue weighted by Crippen LogP contribution is -2.27. The number of carbonyl (C=O) groups is 1. The van der Waals surface area contributed by atoms with Gasteiger partial charge in [-0.25, -0.2) is 13.1 Å². The fraction of sp³-hybridized carbons (Fsp3) is 0.350. The lowest BCUT2D eigenvalue weighted by atomic mass is 10.1. The number of rotatable bonds is 9. The van der Waals surface area contributed by atoms with Crippen LogP contribution in [0.25, 0.3) is 0 Å². The fourth-order valence-corrected chi connectivity index (χ4v) is 3.94. The summed E-state index contributed by atoms with van der Waals surface area (Å²) >= 11 is 0. The first-order valence-electron chi connectivity index (χ1n) is 8.97.